The number of aromatic amines is 1. The lowest BCUT2D eigenvalue weighted by Gasteiger charge is -2.31. The van der Waals surface area contributed by atoms with E-state index in [0.717, 1.165) is 24.8 Å². The fourth-order valence-corrected chi connectivity index (χ4v) is 4.10. The van der Waals surface area contributed by atoms with Gasteiger partial charge in [-0.15, -0.1) is 10.2 Å². The minimum Gasteiger partial charge on any atom is -0.466 e. The second-order valence-corrected chi connectivity index (χ2v) is 7.88. The number of fused-ring (bicyclic) bond motifs is 1. The molecule has 1 fully saturated rings. The highest BCUT2D eigenvalue weighted by atomic mass is 16.5. The van der Waals surface area contributed by atoms with Gasteiger partial charge in [0.2, 0.25) is 17.7 Å². The van der Waals surface area contributed by atoms with Gasteiger partial charge in [-0.3, -0.25) is 9.59 Å². The zero-order valence-electron chi connectivity index (χ0n) is 17.8. The van der Waals surface area contributed by atoms with Gasteiger partial charge in [0, 0.05) is 49.5 Å². The van der Waals surface area contributed by atoms with Crippen molar-refractivity contribution in [3.05, 3.63) is 47.8 Å². The van der Waals surface area contributed by atoms with E-state index in [0.29, 0.717) is 50.7 Å². The average molecular weight is 425 g/mol. The molecule has 0 radical (unpaired) electrons. The van der Waals surface area contributed by atoms with Crippen LogP contribution in [0.2, 0.25) is 0 Å². The molecule has 1 aromatic carbocycles. The van der Waals surface area contributed by atoms with Crippen LogP contribution in [0.1, 0.15) is 43.5 Å². The number of benzene rings is 1. The molecule has 3 heterocycles. The minimum absolute atomic E-state index is 0.00698. The molecule has 1 atom stereocenters. The smallest absolute Gasteiger partial charge is 0.310 e. The van der Waals surface area contributed by atoms with Gasteiger partial charge in [0.05, 0.1) is 12.5 Å². The van der Waals surface area contributed by atoms with Crippen molar-refractivity contribution < 1.29 is 18.7 Å². The number of nitrogens with zero attached hydrogens (tertiary/aromatic N) is 3. The van der Waals surface area contributed by atoms with E-state index in [2.05, 4.69) is 27.3 Å². The van der Waals surface area contributed by atoms with Crippen molar-refractivity contribution in [1.29, 1.82) is 0 Å². The van der Waals surface area contributed by atoms with Gasteiger partial charge in [-0.25, -0.2) is 0 Å². The van der Waals surface area contributed by atoms with Crippen LogP contribution in [0.5, 0.6) is 0 Å². The third-order valence-electron chi connectivity index (χ3n) is 5.74. The van der Waals surface area contributed by atoms with Crippen molar-refractivity contribution in [3.8, 4) is 0 Å². The Morgan fingerprint density at radius 3 is 2.84 bits per heavy atom. The van der Waals surface area contributed by atoms with Crippen LogP contribution in [0.3, 0.4) is 0 Å². The Kier molecular flexibility index (Phi) is 6.64. The van der Waals surface area contributed by atoms with Crippen LogP contribution in [0.4, 0.5) is 0 Å². The number of amides is 1. The summed E-state index contributed by atoms with van der Waals surface area (Å²) in [5, 5.41) is 9.43. The van der Waals surface area contributed by atoms with Gasteiger partial charge in [0.15, 0.2) is 0 Å². The summed E-state index contributed by atoms with van der Waals surface area (Å²) in [6.07, 6.45) is 5.74. The maximum absolute atomic E-state index is 12.6. The second kappa shape index (κ2) is 9.76. The van der Waals surface area contributed by atoms with Crippen LogP contribution in [0.25, 0.3) is 10.9 Å². The van der Waals surface area contributed by atoms with Crippen LogP contribution in [-0.2, 0) is 33.6 Å². The Balaban J connectivity index is 1.26. The summed E-state index contributed by atoms with van der Waals surface area (Å²) in [6.45, 7) is 3.26. The summed E-state index contributed by atoms with van der Waals surface area (Å²) in [5.74, 6) is 0.621. The molecule has 31 heavy (non-hydrogen) atoms. The summed E-state index contributed by atoms with van der Waals surface area (Å²) in [6, 6.07) is 8.19. The maximum atomic E-state index is 12.6. The Morgan fingerprint density at radius 1 is 1.19 bits per heavy atom. The number of nitrogens with one attached hydrogen (secondary N) is 1. The zero-order chi connectivity index (χ0) is 21.6. The lowest BCUT2D eigenvalue weighted by atomic mass is 9.98. The molecule has 1 unspecified atom stereocenters. The number of likely N-dealkylation sites (tertiary alicyclic amines) is 1. The van der Waals surface area contributed by atoms with Gasteiger partial charge in [-0.2, -0.15) is 0 Å². The number of aryl methyl sites for hydroxylation is 3. The molecule has 164 valence electrons. The summed E-state index contributed by atoms with van der Waals surface area (Å²) in [7, 11) is 0. The first-order valence-electron chi connectivity index (χ1n) is 10.9. The molecule has 8 heteroatoms. The zero-order valence-corrected chi connectivity index (χ0v) is 17.8. The Morgan fingerprint density at radius 2 is 2.00 bits per heavy atom. The molecular formula is C23H28N4O4. The number of hydrogen-bond donors (Lipinski definition) is 1. The van der Waals surface area contributed by atoms with Crippen molar-refractivity contribution in [2.45, 2.75) is 45.4 Å². The number of H-pyrrole nitrogens is 1. The quantitative estimate of drug-likeness (QED) is 0.558. The predicted molar refractivity (Wildman–Crippen MR) is 114 cm³/mol. The summed E-state index contributed by atoms with van der Waals surface area (Å²) < 4.78 is 10.8. The number of hydrogen-bond acceptors (Lipinski definition) is 6. The number of carbonyl (C=O) groups excluding carboxylic acids is 2. The lowest BCUT2D eigenvalue weighted by Crippen LogP contribution is -2.42. The Labute approximate surface area is 181 Å². The van der Waals surface area contributed by atoms with Crippen LogP contribution >= 0.6 is 0 Å². The molecular weight excluding hydrogens is 396 g/mol. The number of esters is 1. The van der Waals surface area contributed by atoms with E-state index in [4.69, 9.17) is 9.15 Å². The highest BCUT2D eigenvalue weighted by molar-refractivity contribution is 5.83. The third kappa shape index (κ3) is 5.13. The van der Waals surface area contributed by atoms with Crippen molar-refractivity contribution in [3.63, 3.8) is 0 Å². The van der Waals surface area contributed by atoms with E-state index in [1.54, 1.807) is 11.8 Å². The monoisotopic (exact) mass is 424 g/mol. The topological polar surface area (TPSA) is 101 Å². The number of aromatic nitrogens is 3. The minimum atomic E-state index is -0.225. The second-order valence-electron chi connectivity index (χ2n) is 7.88. The van der Waals surface area contributed by atoms with Crippen LogP contribution in [0.15, 0.2) is 34.9 Å². The molecule has 1 amide bonds. The molecule has 0 aliphatic carbocycles. The predicted octanol–water partition coefficient (Wildman–Crippen LogP) is 3.07. The van der Waals surface area contributed by atoms with E-state index in [1.165, 1.54) is 10.9 Å². The lowest BCUT2D eigenvalue weighted by molar-refractivity contribution is -0.151. The normalized spacial score (nSPS) is 16.5. The molecule has 0 bridgehead atoms. The van der Waals surface area contributed by atoms with E-state index in [9.17, 15) is 9.59 Å². The van der Waals surface area contributed by atoms with E-state index < -0.39 is 0 Å². The molecule has 1 saturated heterocycles. The molecule has 2 aromatic heterocycles. The summed E-state index contributed by atoms with van der Waals surface area (Å²) in [4.78, 5) is 29.6. The van der Waals surface area contributed by atoms with Crippen LogP contribution in [0, 0.1) is 5.92 Å². The number of ether oxygens (including phenoxy) is 1. The highest BCUT2D eigenvalue weighted by Crippen LogP contribution is 2.20. The van der Waals surface area contributed by atoms with Gasteiger partial charge in [0.25, 0.3) is 0 Å². The Hall–Kier alpha value is -3.16. The average Bonchev–Trinajstić information content (AvgIpc) is 3.43. The van der Waals surface area contributed by atoms with Crippen molar-refractivity contribution in [2.24, 2.45) is 5.92 Å². The first-order chi connectivity index (χ1) is 15.1. The molecule has 1 N–H and O–H groups in total. The first kappa shape index (κ1) is 21.1. The van der Waals surface area contributed by atoms with Crippen molar-refractivity contribution in [2.75, 3.05) is 19.7 Å². The van der Waals surface area contributed by atoms with Gasteiger partial charge >= 0.3 is 5.97 Å². The first-order valence-corrected chi connectivity index (χ1v) is 10.9. The van der Waals surface area contributed by atoms with Crippen LogP contribution in [-0.4, -0.2) is 51.7 Å². The maximum Gasteiger partial charge on any atom is 0.310 e. The number of rotatable bonds is 8. The summed E-state index contributed by atoms with van der Waals surface area (Å²) in [5.41, 5.74) is 2.33. The SMILES string of the molecule is CCOC(=O)C1CCCN(C(=O)CCc2nnc(CCc3c[nH]c4ccccc34)o2)C1. The molecule has 1 aliphatic rings. The molecule has 4 rings (SSSR count). The summed E-state index contributed by atoms with van der Waals surface area (Å²) >= 11 is 0. The van der Waals surface area contributed by atoms with Crippen molar-refractivity contribution in [1.82, 2.24) is 20.1 Å². The fourth-order valence-electron chi connectivity index (χ4n) is 4.10. The van der Waals surface area contributed by atoms with Crippen LogP contribution < -0.4 is 0 Å². The molecule has 0 spiro atoms. The van der Waals surface area contributed by atoms with E-state index in [1.807, 2.05) is 18.3 Å². The molecule has 1 aliphatic heterocycles. The van der Waals surface area contributed by atoms with Gasteiger partial charge in [-0.05, 0) is 37.8 Å². The molecule has 8 nitrogen and oxygen atoms in total. The number of carbonyl (C=O) groups is 2. The molecule has 0 saturated carbocycles. The highest BCUT2D eigenvalue weighted by Gasteiger charge is 2.29. The fraction of sp³-hybridized carbons (Fsp3) is 0.478. The third-order valence-corrected chi connectivity index (χ3v) is 5.74. The van der Waals surface area contributed by atoms with E-state index in [-0.39, 0.29) is 17.8 Å². The molecule has 3 aromatic rings. The van der Waals surface area contributed by atoms with Gasteiger partial charge in [0.1, 0.15) is 0 Å². The standard InChI is InChI=1S/C23H28N4O4/c1-2-30-23(29)17-6-5-13-27(15-17)22(28)12-11-21-26-25-20(31-21)10-9-16-14-24-19-8-4-3-7-18(16)19/h3-4,7-8,14,17,24H,2,5-6,9-13,15H2,1H3. The van der Waals surface area contributed by atoms with Crippen molar-refractivity contribution >= 4 is 22.8 Å². The Bertz CT molecular complexity index is 1040. The van der Waals surface area contributed by atoms with Gasteiger partial charge < -0.3 is 19.0 Å². The number of para-hydroxylation sites is 1. The number of piperidine rings is 1. The largest absolute Gasteiger partial charge is 0.466 e. The van der Waals surface area contributed by atoms with E-state index >= 15 is 0 Å². The van der Waals surface area contributed by atoms with Gasteiger partial charge in [-0.1, -0.05) is 18.2 Å².